The summed E-state index contributed by atoms with van der Waals surface area (Å²) in [5, 5.41) is 0. The minimum atomic E-state index is -4.24. The third kappa shape index (κ3) is 5.77. The largest absolute Gasteiger partial charge is 0.480 e. The van der Waals surface area contributed by atoms with Crippen molar-refractivity contribution in [3.63, 3.8) is 0 Å². The third-order valence-corrected chi connectivity index (χ3v) is 4.82. The van der Waals surface area contributed by atoms with Gasteiger partial charge in [-0.15, -0.1) is 0 Å². The molecule has 0 aliphatic heterocycles. The number of hydrogen-bond donors (Lipinski definition) is 1. The molecule has 27 heavy (non-hydrogen) atoms. The van der Waals surface area contributed by atoms with Gasteiger partial charge in [-0.2, -0.15) is 8.42 Å². The Morgan fingerprint density at radius 3 is 2.44 bits per heavy atom. The maximum Gasteiger partial charge on any atom is 0.338 e. The van der Waals surface area contributed by atoms with Crippen LogP contribution < -0.4 is 4.74 Å². The molecule has 8 heteroatoms. The second-order valence-corrected chi connectivity index (χ2v) is 7.69. The van der Waals surface area contributed by atoms with E-state index in [2.05, 4.69) is 0 Å². The zero-order chi connectivity index (χ0) is 20.1. The van der Waals surface area contributed by atoms with Gasteiger partial charge < -0.3 is 9.47 Å². The van der Waals surface area contributed by atoms with E-state index in [4.69, 9.17) is 14.0 Å². The summed E-state index contributed by atoms with van der Waals surface area (Å²) in [6, 6.07) is 12.8. The lowest BCUT2D eigenvalue weighted by Crippen LogP contribution is -2.29. The summed E-state index contributed by atoms with van der Waals surface area (Å²) in [5.41, 5.74) is 0.0524. The first-order chi connectivity index (χ1) is 12.6. The van der Waals surface area contributed by atoms with Crippen molar-refractivity contribution in [1.82, 2.24) is 0 Å². The van der Waals surface area contributed by atoms with Crippen LogP contribution in [0.4, 0.5) is 4.39 Å². The summed E-state index contributed by atoms with van der Waals surface area (Å²) in [5.74, 6) is -2.32. The van der Waals surface area contributed by atoms with Crippen LogP contribution in [-0.4, -0.2) is 31.3 Å². The Bertz CT molecular complexity index is 898. The van der Waals surface area contributed by atoms with E-state index in [1.54, 1.807) is 0 Å². The second kappa shape index (κ2) is 8.49. The van der Waals surface area contributed by atoms with Gasteiger partial charge in [0.2, 0.25) is 0 Å². The van der Waals surface area contributed by atoms with E-state index >= 15 is 0 Å². The van der Waals surface area contributed by atoms with Gasteiger partial charge in [0.1, 0.15) is 18.0 Å². The maximum absolute atomic E-state index is 14.2. The minimum Gasteiger partial charge on any atom is -0.480 e. The van der Waals surface area contributed by atoms with E-state index in [0.29, 0.717) is 6.42 Å². The fourth-order valence-electron chi connectivity index (χ4n) is 2.40. The molecule has 0 fully saturated rings. The van der Waals surface area contributed by atoms with Gasteiger partial charge in [0.15, 0.2) is 11.6 Å². The molecule has 0 radical (unpaired) electrons. The summed E-state index contributed by atoms with van der Waals surface area (Å²) < 4.78 is 54.9. The van der Waals surface area contributed by atoms with E-state index in [-0.39, 0.29) is 11.3 Å². The van der Waals surface area contributed by atoms with E-state index in [1.165, 1.54) is 12.1 Å². The van der Waals surface area contributed by atoms with Crippen LogP contribution in [0.25, 0.3) is 0 Å². The molecule has 0 saturated heterocycles. The highest BCUT2D eigenvalue weighted by Gasteiger charge is 2.28. The van der Waals surface area contributed by atoms with Gasteiger partial charge in [-0.25, -0.2) is 9.18 Å². The predicted molar refractivity (Wildman–Crippen MR) is 97.8 cm³/mol. The Hall–Kier alpha value is -2.45. The molecule has 1 unspecified atom stereocenters. The number of ether oxygens (including phenoxy) is 2. The topological polar surface area (TPSA) is 89.9 Å². The lowest BCUT2D eigenvalue weighted by molar-refractivity contribution is 0.0522. The zero-order valence-corrected chi connectivity index (χ0v) is 15.8. The van der Waals surface area contributed by atoms with Crippen molar-refractivity contribution in [2.75, 3.05) is 12.4 Å². The van der Waals surface area contributed by atoms with E-state index in [1.807, 2.05) is 44.2 Å². The first kappa shape index (κ1) is 20.9. The molecule has 2 rings (SSSR count). The van der Waals surface area contributed by atoms with Crippen molar-refractivity contribution in [3.05, 3.63) is 65.5 Å². The van der Waals surface area contributed by atoms with Crippen LogP contribution in [0.2, 0.25) is 0 Å². The average Bonchev–Trinajstić information content (AvgIpc) is 2.63. The van der Waals surface area contributed by atoms with E-state index in [0.717, 1.165) is 11.6 Å². The van der Waals surface area contributed by atoms with Gasteiger partial charge in [0.25, 0.3) is 10.1 Å². The zero-order valence-electron chi connectivity index (χ0n) is 15.0. The van der Waals surface area contributed by atoms with Gasteiger partial charge in [0.05, 0.1) is 5.56 Å². The minimum absolute atomic E-state index is 0.00764. The standard InChI is InChI=1S/C19H21FO6S/c1-3-19(2,15-7-5-4-6-8-15)26-17-13-14(9-10-16(17)20)18(21)25-11-12-27(22,23)24/h4-10,13H,3,11-12H2,1-2H3,(H,22,23,24). The quantitative estimate of drug-likeness (QED) is 0.542. The van der Waals surface area contributed by atoms with Crippen molar-refractivity contribution in [2.45, 2.75) is 25.9 Å². The summed E-state index contributed by atoms with van der Waals surface area (Å²) in [4.78, 5) is 12.0. The maximum atomic E-state index is 14.2. The lowest BCUT2D eigenvalue weighted by atomic mass is 9.93. The highest BCUT2D eigenvalue weighted by atomic mass is 32.2. The molecular weight excluding hydrogens is 375 g/mol. The molecule has 6 nitrogen and oxygen atoms in total. The monoisotopic (exact) mass is 396 g/mol. The Morgan fingerprint density at radius 2 is 1.85 bits per heavy atom. The van der Waals surface area contributed by atoms with Crippen LogP contribution in [0.15, 0.2) is 48.5 Å². The van der Waals surface area contributed by atoms with Gasteiger partial charge in [0, 0.05) is 0 Å². The van der Waals surface area contributed by atoms with Crippen LogP contribution in [0.3, 0.4) is 0 Å². The number of hydrogen-bond acceptors (Lipinski definition) is 5. The van der Waals surface area contributed by atoms with Gasteiger partial charge in [-0.05, 0) is 37.1 Å². The van der Waals surface area contributed by atoms with E-state index in [9.17, 15) is 17.6 Å². The third-order valence-electron chi connectivity index (χ3n) is 4.14. The summed E-state index contributed by atoms with van der Waals surface area (Å²) in [7, 11) is -4.24. The predicted octanol–water partition coefficient (Wildman–Crippen LogP) is 3.57. The molecule has 2 aromatic rings. The first-order valence-electron chi connectivity index (χ1n) is 8.31. The van der Waals surface area contributed by atoms with Gasteiger partial charge >= 0.3 is 5.97 Å². The molecule has 1 atom stereocenters. The second-order valence-electron chi connectivity index (χ2n) is 6.12. The highest BCUT2D eigenvalue weighted by molar-refractivity contribution is 7.85. The van der Waals surface area contributed by atoms with Crippen LogP contribution >= 0.6 is 0 Å². The van der Waals surface area contributed by atoms with Crippen molar-refractivity contribution >= 4 is 16.1 Å². The van der Waals surface area contributed by atoms with Crippen LogP contribution in [-0.2, 0) is 20.5 Å². The van der Waals surface area contributed by atoms with Crippen LogP contribution in [0.1, 0.15) is 36.2 Å². The van der Waals surface area contributed by atoms with Crippen molar-refractivity contribution in [2.24, 2.45) is 0 Å². The molecule has 146 valence electrons. The molecule has 0 saturated carbocycles. The number of carbonyl (C=O) groups excluding carboxylic acids is 1. The molecule has 0 aliphatic carbocycles. The van der Waals surface area contributed by atoms with Crippen molar-refractivity contribution in [1.29, 1.82) is 0 Å². The number of halogens is 1. The Morgan fingerprint density at radius 1 is 1.19 bits per heavy atom. The molecule has 1 N–H and O–H groups in total. The number of rotatable bonds is 8. The molecule has 2 aromatic carbocycles. The molecule has 0 amide bonds. The van der Waals surface area contributed by atoms with Crippen LogP contribution in [0, 0.1) is 5.82 Å². The first-order valence-corrected chi connectivity index (χ1v) is 9.92. The Labute approximate surface area is 157 Å². The Balaban J connectivity index is 2.20. The smallest absolute Gasteiger partial charge is 0.338 e. The SMILES string of the molecule is CCC(C)(Oc1cc(C(=O)OCCS(=O)(=O)O)ccc1F)c1ccccc1. The van der Waals surface area contributed by atoms with Crippen molar-refractivity contribution in [3.8, 4) is 5.75 Å². The highest BCUT2D eigenvalue weighted by Crippen LogP contribution is 2.33. The summed E-state index contributed by atoms with van der Waals surface area (Å²) in [6.07, 6.45) is 0.555. The Kier molecular flexibility index (Phi) is 6.56. The molecule has 0 aliphatic rings. The molecule has 0 heterocycles. The number of carbonyl (C=O) groups is 1. The van der Waals surface area contributed by atoms with Gasteiger partial charge in [-0.3, -0.25) is 4.55 Å². The molecule has 0 bridgehead atoms. The lowest BCUT2D eigenvalue weighted by Gasteiger charge is -2.30. The molecular formula is C19H21FO6S. The average molecular weight is 396 g/mol. The number of benzene rings is 2. The van der Waals surface area contributed by atoms with Gasteiger partial charge in [-0.1, -0.05) is 37.3 Å². The summed E-state index contributed by atoms with van der Waals surface area (Å²) in [6.45, 7) is 3.21. The summed E-state index contributed by atoms with van der Waals surface area (Å²) >= 11 is 0. The fraction of sp³-hybridized carbons (Fsp3) is 0.316. The molecule has 0 aromatic heterocycles. The molecule has 0 spiro atoms. The fourth-order valence-corrected chi connectivity index (χ4v) is 2.69. The van der Waals surface area contributed by atoms with Crippen molar-refractivity contribution < 1.29 is 31.6 Å². The van der Waals surface area contributed by atoms with E-state index < -0.39 is 39.9 Å². The normalized spacial score (nSPS) is 13.6. The van der Waals surface area contributed by atoms with Crippen LogP contribution in [0.5, 0.6) is 5.75 Å². The number of esters is 1.